The molecule has 0 unspecified atom stereocenters. The fraction of sp³-hybridized carbons (Fsp3) is 0.176. The molecule has 3 rings (SSSR count). The Morgan fingerprint density at radius 3 is 2.82 bits per heavy atom. The summed E-state index contributed by atoms with van der Waals surface area (Å²) in [4.78, 5) is 11.9. The molecular weight excluding hydrogens is 280 g/mol. The maximum absolute atomic E-state index is 11.9. The number of methoxy groups -OCH3 is 1. The van der Waals surface area contributed by atoms with Crippen molar-refractivity contribution in [2.24, 2.45) is 0 Å². The molecule has 5 heteroatoms. The van der Waals surface area contributed by atoms with Gasteiger partial charge in [0.25, 0.3) is 5.91 Å². The normalized spacial score (nSPS) is 10.8. The highest BCUT2D eigenvalue weighted by atomic mass is 16.5. The Hall–Kier alpha value is -2.66. The lowest BCUT2D eigenvalue weighted by Crippen LogP contribution is -2.27. The molecule has 0 bridgehead atoms. The molecular formula is C17H16N2O3. The number of nitrogens with zero attached hydrogens (tertiary/aromatic N) is 1. The molecule has 0 fully saturated rings. The smallest absolute Gasteiger partial charge is 0.273 e. The molecule has 0 aliphatic carbocycles. The second kappa shape index (κ2) is 6.41. The van der Waals surface area contributed by atoms with Crippen molar-refractivity contribution in [3.05, 3.63) is 54.2 Å². The number of benzene rings is 2. The molecule has 2 aromatic carbocycles. The SMILES string of the molecule is COCCNC(=O)c1cc(-c2ccc3ccccc3c2)on1. The van der Waals surface area contributed by atoms with E-state index in [0.29, 0.717) is 18.9 Å². The number of nitrogens with one attached hydrogen (secondary N) is 1. The van der Waals surface area contributed by atoms with Gasteiger partial charge in [-0.1, -0.05) is 41.6 Å². The van der Waals surface area contributed by atoms with Gasteiger partial charge in [-0.25, -0.2) is 0 Å². The van der Waals surface area contributed by atoms with Gasteiger partial charge in [-0.2, -0.15) is 0 Å². The van der Waals surface area contributed by atoms with Crippen molar-refractivity contribution < 1.29 is 14.1 Å². The van der Waals surface area contributed by atoms with Gasteiger partial charge in [-0.05, 0) is 16.8 Å². The second-order valence-corrected chi connectivity index (χ2v) is 4.89. The molecule has 0 atom stereocenters. The first-order valence-corrected chi connectivity index (χ1v) is 7.01. The van der Waals surface area contributed by atoms with Crippen LogP contribution in [0.5, 0.6) is 0 Å². The average Bonchev–Trinajstić information content (AvgIpc) is 3.04. The molecule has 0 aliphatic rings. The van der Waals surface area contributed by atoms with Gasteiger partial charge < -0.3 is 14.6 Å². The minimum Gasteiger partial charge on any atom is -0.383 e. The standard InChI is InChI=1S/C17H16N2O3/c1-21-9-8-18-17(20)15-11-16(22-19-15)14-7-6-12-4-2-3-5-13(12)10-14/h2-7,10-11H,8-9H2,1H3,(H,18,20). The zero-order valence-electron chi connectivity index (χ0n) is 12.2. The van der Waals surface area contributed by atoms with E-state index in [4.69, 9.17) is 9.26 Å². The first-order chi connectivity index (χ1) is 10.8. The van der Waals surface area contributed by atoms with Crippen molar-refractivity contribution in [1.82, 2.24) is 10.5 Å². The van der Waals surface area contributed by atoms with Crippen molar-refractivity contribution in [3.8, 4) is 11.3 Å². The lowest BCUT2D eigenvalue weighted by Gasteiger charge is -2.00. The van der Waals surface area contributed by atoms with Crippen molar-refractivity contribution in [1.29, 1.82) is 0 Å². The molecule has 0 radical (unpaired) electrons. The molecule has 0 aliphatic heterocycles. The van der Waals surface area contributed by atoms with Gasteiger partial charge >= 0.3 is 0 Å². The summed E-state index contributed by atoms with van der Waals surface area (Å²) in [6, 6.07) is 15.7. The van der Waals surface area contributed by atoms with E-state index in [1.807, 2.05) is 42.5 Å². The van der Waals surface area contributed by atoms with Gasteiger partial charge in [0.05, 0.1) is 6.61 Å². The number of fused-ring (bicyclic) bond motifs is 1. The van der Waals surface area contributed by atoms with Crippen LogP contribution in [0.4, 0.5) is 0 Å². The number of amides is 1. The van der Waals surface area contributed by atoms with E-state index in [0.717, 1.165) is 16.3 Å². The lowest BCUT2D eigenvalue weighted by atomic mass is 10.1. The van der Waals surface area contributed by atoms with Crippen LogP contribution in [0.1, 0.15) is 10.5 Å². The van der Waals surface area contributed by atoms with Gasteiger partial charge in [-0.3, -0.25) is 4.79 Å². The molecule has 1 amide bonds. The summed E-state index contributed by atoms with van der Waals surface area (Å²) in [5.74, 6) is 0.301. The number of carbonyl (C=O) groups is 1. The largest absolute Gasteiger partial charge is 0.383 e. The molecule has 1 heterocycles. The number of rotatable bonds is 5. The van der Waals surface area contributed by atoms with E-state index in [1.165, 1.54) is 0 Å². The van der Waals surface area contributed by atoms with Gasteiger partial charge in [0.1, 0.15) is 0 Å². The third-order valence-corrected chi connectivity index (χ3v) is 3.37. The summed E-state index contributed by atoms with van der Waals surface area (Å²) in [6.07, 6.45) is 0. The summed E-state index contributed by atoms with van der Waals surface area (Å²) in [5.41, 5.74) is 1.15. The predicted molar refractivity (Wildman–Crippen MR) is 83.7 cm³/mol. The molecule has 0 saturated heterocycles. The van der Waals surface area contributed by atoms with Crippen LogP contribution in [0.2, 0.25) is 0 Å². The fourth-order valence-corrected chi connectivity index (χ4v) is 2.22. The van der Waals surface area contributed by atoms with Crippen LogP contribution in [-0.2, 0) is 4.74 Å². The Morgan fingerprint density at radius 2 is 2.00 bits per heavy atom. The molecule has 3 aromatic rings. The van der Waals surface area contributed by atoms with E-state index in [-0.39, 0.29) is 11.6 Å². The number of aromatic nitrogens is 1. The Balaban J connectivity index is 1.81. The van der Waals surface area contributed by atoms with E-state index in [9.17, 15) is 4.79 Å². The average molecular weight is 296 g/mol. The first-order valence-electron chi connectivity index (χ1n) is 7.01. The number of hydrogen-bond acceptors (Lipinski definition) is 4. The molecule has 22 heavy (non-hydrogen) atoms. The molecule has 112 valence electrons. The van der Waals surface area contributed by atoms with Gasteiger partial charge in [0.15, 0.2) is 11.5 Å². The second-order valence-electron chi connectivity index (χ2n) is 4.89. The van der Waals surface area contributed by atoms with Gasteiger partial charge in [0, 0.05) is 25.3 Å². The topological polar surface area (TPSA) is 64.4 Å². The van der Waals surface area contributed by atoms with Gasteiger partial charge in [-0.15, -0.1) is 0 Å². The maximum Gasteiger partial charge on any atom is 0.273 e. The van der Waals surface area contributed by atoms with E-state index < -0.39 is 0 Å². The summed E-state index contributed by atoms with van der Waals surface area (Å²) in [7, 11) is 1.58. The number of hydrogen-bond donors (Lipinski definition) is 1. The highest BCUT2D eigenvalue weighted by molar-refractivity contribution is 5.93. The Bertz CT molecular complexity index is 795. The summed E-state index contributed by atoms with van der Waals surface area (Å²) >= 11 is 0. The Labute approximate surface area is 127 Å². The number of ether oxygens (including phenoxy) is 1. The zero-order valence-corrected chi connectivity index (χ0v) is 12.2. The zero-order chi connectivity index (χ0) is 15.4. The van der Waals surface area contributed by atoms with Crippen LogP contribution < -0.4 is 5.32 Å². The van der Waals surface area contributed by atoms with Crippen LogP contribution >= 0.6 is 0 Å². The number of carbonyl (C=O) groups excluding carboxylic acids is 1. The van der Waals surface area contributed by atoms with Crippen LogP contribution in [0.25, 0.3) is 22.1 Å². The van der Waals surface area contributed by atoms with E-state index in [1.54, 1.807) is 13.2 Å². The van der Waals surface area contributed by atoms with E-state index >= 15 is 0 Å². The van der Waals surface area contributed by atoms with Crippen LogP contribution in [-0.4, -0.2) is 31.3 Å². The minimum atomic E-state index is -0.271. The molecule has 0 spiro atoms. The quantitative estimate of drug-likeness (QED) is 0.735. The molecule has 1 N–H and O–H groups in total. The highest BCUT2D eigenvalue weighted by Gasteiger charge is 2.13. The monoisotopic (exact) mass is 296 g/mol. The van der Waals surface area contributed by atoms with Crippen molar-refractivity contribution in [3.63, 3.8) is 0 Å². The van der Waals surface area contributed by atoms with Gasteiger partial charge in [0.2, 0.25) is 0 Å². The predicted octanol–water partition coefficient (Wildman–Crippen LogP) is 2.87. The minimum absolute atomic E-state index is 0.263. The Kier molecular flexibility index (Phi) is 4.16. The van der Waals surface area contributed by atoms with E-state index in [2.05, 4.69) is 10.5 Å². The van der Waals surface area contributed by atoms with Crippen LogP contribution in [0.15, 0.2) is 53.1 Å². The summed E-state index contributed by atoms with van der Waals surface area (Å²) in [6.45, 7) is 0.897. The maximum atomic E-state index is 11.9. The molecule has 0 saturated carbocycles. The molecule has 5 nitrogen and oxygen atoms in total. The van der Waals surface area contributed by atoms with Crippen molar-refractivity contribution in [2.75, 3.05) is 20.3 Å². The highest BCUT2D eigenvalue weighted by Crippen LogP contribution is 2.25. The summed E-state index contributed by atoms with van der Waals surface area (Å²) in [5, 5.41) is 8.80. The molecule has 1 aromatic heterocycles. The van der Waals surface area contributed by atoms with Crippen LogP contribution in [0, 0.1) is 0 Å². The van der Waals surface area contributed by atoms with Crippen molar-refractivity contribution >= 4 is 16.7 Å². The van der Waals surface area contributed by atoms with Crippen molar-refractivity contribution in [2.45, 2.75) is 0 Å². The fourth-order valence-electron chi connectivity index (χ4n) is 2.22. The van der Waals surface area contributed by atoms with Crippen LogP contribution in [0.3, 0.4) is 0 Å². The Morgan fingerprint density at radius 1 is 1.18 bits per heavy atom. The lowest BCUT2D eigenvalue weighted by molar-refractivity contribution is 0.0928. The third-order valence-electron chi connectivity index (χ3n) is 3.37. The summed E-state index contributed by atoms with van der Waals surface area (Å²) < 4.78 is 10.2. The first kappa shape index (κ1) is 14.3. The third kappa shape index (κ3) is 2.99.